The standard InChI is InChI=1S/C18H23N5O5/c1-10(19)17(26)22-8-15(24)21-9-16(25)23-14(18(27)28)6-11-7-20-13-5-3-2-4-12(11)13/h2-5,7,10,14,20H,6,8-9,19H2,1H3,(H,21,24)(H,22,26)(H,23,25)(H,27,28). The van der Waals surface area contributed by atoms with Gasteiger partial charge in [-0.25, -0.2) is 4.79 Å². The van der Waals surface area contributed by atoms with E-state index in [9.17, 15) is 24.3 Å². The van der Waals surface area contributed by atoms with E-state index in [-0.39, 0.29) is 13.0 Å². The topological polar surface area (TPSA) is 166 Å². The van der Waals surface area contributed by atoms with Gasteiger partial charge >= 0.3 is 5.97 Å². The summed E-state index contributed by atoms with van der Waals surface area (Å²) in [7, 11) is 0. The van der Waals surface area contributed by atoms with Crippen molar-refractivity contribution in [1.82, 2.24) is 20.9 Å². The van der Waals surface area contributed by atoms with Gasteiger partial charge in [-0.1, -0.05) is 18.2 Å². The molecule has 2 atom stereocenters. The molecule has 0 radical (unpaired) electrons. The van der Waals surface area contributed by atoms with Gasteiger partial charge in [0, 0.05) is 23.5 Å². The second kappa shape index (κ2) is 9.51. The Bertz CT molecular complexity index is 876. The van der Waals surface area contributed by atoms with Crippen LogP contribution < -0.4 is 21.7 Å². The molecule has 10 heteroatoms. The number of aliphatic carboxylic acids is 1. The summed E-state index contributed by atoms with van der Waals surface area (Å²) in [6.45, 7) is 0.732. The van der Waals surface area contributed by atoms with Crippen LogP contribution in [-0.4, -0.2) is 59.0 Å². The fourth-order valence-electron chi connectivity index (χ4n) is 2.54. The summed E-state index contributed by atoms with van der Waals surface area (Å²) < 4.78 is 0. The van der Waals surface area contributed by atoms with Crippen molar-refractivity contribution in [2.75, 3.05) is 13.1 Å². The number of nitrogens with two attached hydrogens (primary N) is 1. The first-order valence-electron chi connectivity index (χ1n) is 8.65. The lowest BCUT2D eigenvalue weighted by molar-refractivity contribution is -0.141. The number of rotatable bonds is 9. The van der Waals surface area contributed by atoms with Gasteiger partial charge in [0.1, 0.15) is 6.04 Å². The third kappa shape index (κ3) is 5.81. The molecule has 0 spiro atoms. The summed E-state index contributed by atoms with van der Waals surface area (Å²) in [6, 6.07) is 5.52. The largest absolute Gasteiger partial charge is 0.480 e. The molecular formula is C18H23N5O5. The minimum absolute atomic E-state index is 0.0868. The Morgan fingerprint density at radius 2 is 1.79 bits per heavy atom. The summed E-state index contributed by atoms with van der Waals surface area (Å²) in [5.74, 6) is -2.93. The molecule has 1 aromatic heterocycles. The molecule has 10 nitrogen and oxygen atoms in total. The predicted molar refractivity (Wildman–Crippen MR) is 101 cm³/mol. The van der Waals surface area contributed by atoms with Crippen LogP contribution in [0.5, 0.6) is 0 Å². The number of H-pyrrole nitrogens is 1. The van der Waals surface area contributed by atoms with E-state index in [0.717, 1.165) is 16.5 Å². The summed E-state index contributed by atoms with van der Waals surface area (Å²) in [5.41, 5.74) is 6.98. The highest BCUT2D eigenvalue weighted by Crippen LogP contribution is 2.19. The first-order valence-corrected chi connectivity index (χ1v) is 8.65. The third-order valence-corrected chi connectivity index (χ3v) is 4.02. The second-order valence-electron chi connectivity index (χ2n) is 6.31. The monoisotopic (exact) mass is 389 g/mol. The number of carboxylic acids is 1. The molecule has 150 valence electrons. The SMILES string of the molecule is CC(N)C(=O)NCC(=O)NCC(=O)NC(Cc1c[nH]c2ccccc12)C(=O)O. The average Bonchev–Trinajstić information content (AvgIpc) is 3.06. The first-order chi connectivity index (χ1) is 13.3. The Kier molecular flexibility index (Phi) is 7.10. The Hall–Kier alpha value is -3.40. The zero-order chi connectivity index (χ0) is 20.7. The van der Waals surface area contributed by atoms with E-state index in [1.54, 1.807) is 6.20 Å². The number of carbonyl (C=O) groups excluding carboxylic acids is 3. The Labute approximate surface area is 160 Å². The van der Waals surface area contributed by atoms with Crippen LogP contribution in [0.4, 0.5) is 0 Å². The molecule has 0 saturated carbocycles. The molecular weight excluding hydrogens is 366 g/mol. The molecule has 0 aliphatic rings. The smallest absolute Gasteiger partial charge is 0.326 e. The Morgan fingerprint density at radius 3 is 2.46 bits per heavy atom. The number of nitrogens with one attached hydrogen (secondary N) is 4. The van der Waals surface area contributed by atoms with E-state index in [2.05, 4.69) is 20.9 Å². The van der Waals surface area contributed by atoms with Gasteiger partial charge in [0.05, 0.1) is 19.1 Å². The van der Waals surface area contributed by atoms with Crippen molar-refractivity contribution in [3.63, 3.8) is 0 Å². The van der Waals surface area contributed by atoms with Gasteiger partial charge in [-0.2, -0.15) is 0 Å². The van der Waals surface area contributed by atoms with E-state index in [1.807, 2.05) is 24.3 Å². The van der Waals surface area contributed by atoms with E-state index in [0.29, 0.717) is 0 Å². The molecule has 1 aromatic carbocycles. The minimum atomic E-state index is -1.19. The number of fused-ring (bicyclic) bond motifs is 1. The van der Waals surface area contributed by atoms with Crippen LogP contribution in [0.3, 0.4) is 0 Å². The summed E-state index contributed by atoms with van der Waals surface area (Å²) in [6.07, 6.45) is 1.79. The molecule has 0 aliphatic heterocycles. The van der Waals surface area contributed by atoms with Crippen molar-refractivity contribution >= 4 is 34.6 Å². The lowest BCUT2D eigenvalue weighted by Crippen LogP contribution is -2.48. The van der Waals surface area contributed by atoms with Crippen LogP contribution in [0.25, 0.3) is 10.9 Å². The number of carboxylic acid groups (broad SMARTS) is 1. The fourth-order valence-corrected chi connectivity index (χ4v) is 2.54. The maximum atomic E-state index is 12.0. The van der Waals surface area contributed by atoms with Crippen molar-refractivity contribution in [3.05, 3.63) is 36.0 Å². The van der Waals surface area contributed by atoms with Crippen molar-refractivity contribution in [3.8, 4) is 0 Å². The van der Waals surface area contributed by atoms with E-state index in [4.69, 9.17) is 5.73 Å². The minimum Gasteiger partial charge on any atom is -0.480 e. The van der Waals surface area contributed by atoms with Crippen LogP contribution in [0, 0.1) is 0 Å². The van der Waals surface area contributed by atoms with Gasteiger partial charge < -0.3 is 31.8 Å². The molecule has 3 amide bonds. The maximum absolute atomic E-state index is 12.0. The number of hydrogen-bond acceptors (Lipinski definition) is 5. The van der Waals surface area contributed by atoms with Crippen LogP contribution in [-0.2, 0) is 25.6 Å². The summed E-state index contributed by atoms with van der Waals surface area (Å²) >= 11 is 0. The van der Waals surface area contributed by atoms with Gasteiger partial charge in [0.25, 0.3) is 0 Å². The van der Waals surface area contributed by atoms with Crippen molar-refractivity contribution in [2.24, 2.45) is 5.73 Å². The second-order valence-corrected chi connectivity index (χ2v) is 6.31. The van der Waals surface area contributed by atoms with Gasteiger partial charge in [-0.15, -0.1) is 0 Å². The molecule has 1 heterocycles. The molecule has 2 unspecified atom stereocenters. The lowest BCUT2D eigenvalue weighted by atomic mass is 10.1. The highest BCUT2D eigenvalue weighted by Gasteiger charge is 2.22. The summed E-state index contributed by atoms with van der Waals surface area (Å²) in [4.78, 5) is 49.5. The number of para-hydroxylation sites is 1. The lowest BCUT2D eigenvalue weighted by Gasteiger charge is -2.15. The highest BCUT2D eigenvalue weighted by molar-refractivity contribution is 5.91. The number of aromatic amines is 1. The summed E-state index contributed by atoms with van der Waals surface area (Å²) in [5, 5.41) is 17.3. The molecule has 2 rings (SSSR count). The average molecular weight is 389 g/mol. The van der Waals surface area contributed by atoms with Crippen molar-refractivity contribution in [2.45, 2.75) is 25.4 Å². The van der Waals surface area contributed by atoms with Gasteiger partial charge in [-0.05, 0) is 18.6 Å². The van der Waals surface area contributed by atoms with Crippen LogP contribution in [0.1, 0.15) is 12.5 Å². The maximum Gasteiger partial charge on any atom is 0.326 e. The van der Waals surface area contributed by atoms with E-state index < -0.39 is 42.3 Å². The van der Waals surface area contributed by atoms with Crippen molar-refractivity contribution < 1.29 is 24.3 Å². The highest BCUT2D eigenvalue weighted by atomic mass is 16.4. The van der Waals surface area contributed by atoms with Crippen LogP contribution in [0.2, 0.25) is 0 Å². The normalized spacial score (nSPS) is 12.8. The van der Waals surface area contributed by atoms with Gasteiger partial charge in [0.2, 0.25) is 17.7 Å². The van der Waals surface area contributed by atoms with Crippen molar-refractivity contribution in [1.29, 1.82) is 0 Å². The van der Waals surface area contributed by atoms with Gasteiger partial charge in [-0.3, -0.25) is 14.4 Å². The predicted octanol–water partition coefficient (Wildman–Crippen LogP) is -1.14. The molecule has 28 heavy (non-hydrogen) atoms. The van der Waals surface area contributed by atoms with Gasteiger partial charge in [0.15, 0.2) is 0 Å². The van der Waals surface area contributed by atoms with E-state index in [1.165, 1.54) is 6.92 Å². The molecule has 2 aromatic rings. The number of carbonyl (C=O) groups is 4. The zero-order valence-corrected chi connectivity index (χ0v) is 15.3. The number of amides is 3. The quantitative estimate of drug-likeness (QED) is 0.317. The number of benzene rings is 1. The van der Waals surface area contributed by atoms with E-state index >= 15 is 0 Å². The van der Waals surface area contributed by atoms with Crippen LogP contribution >= 0.6 is 0 Å². The third-order valence-electron chi connectivity index (χ3n) is 4.02. The molecule has 0 fully saturated rings. The number of aromatic nitrogens is 1. The molecule has 7 N–H and O–H groups in total. The molecule has 0 bridgehead atoms. The fraction of sp³-hybridized carbons (Fsp3) is 0.333. The molecule has 0 aliphatic carbocycles. The zero-order valence-electron chi connectivity index (χ0n) is 15.3. The molecule has 0 saturated heterocycles. The number of hydrogen-bond donors (Lipinski definition) is 6. The van der Waals surface area contributed by atoms with Crippen LogP contribution in [0.15, 0.2) is 30.5 Å². The first kappa shape index (κ1) is 20.9. The Balaban J connectivity index is 1.86. The Morgan fingerprint density at radius 1 is 1.11 bits per heavy atom.